The van der Waals surface area contributed by atoms with Crippen molar-refractivity contribution >= 4 is 35.5 Å². The van der Waals surface area contributed by atoms with E-state index in [2.05, 4.69) is 13.8 Å². The van der Waals surface area contributed by atoms with E-state index in [4.69, 9.17) is 10.2 Å². The lowest BCUT2D eigenvalue weighted by Crippen LogP contribution is -2.10. The minimum absolute atomic E-state index is 0.160. The van der Waals surface area contributed by atoms with Crippen molar-refractivity contribution in [1.82, 2.24) is 0 Å². The van der Waals surface area contributed by atoms with Gasteiger partial charge in [-0.25, -0.2) is 0 Å². The standard InChI is InChI=1S/C10H18O4S2/c1-7(2)10(15-5-3-8(11)12)16-6-4-9(13)14/h7,10H,3-6H2,1-2H3,(H,11,12)(H,13,14). The Balaban J connectivity index is 3.79. The van der Waals surface area contributed by atoms with E-state index in [0.29, 0.717) is 17.4 Å². The van der Waals surface area contributed by atoms with Crippen LogP contribution in [-0.2, 0) is 9.59 Å². The number of hydrogen-bond donors (Lipinski definition) is 2. The van der Waals surface area contributed by atoms with Gasteiger partial charge in [-0.3, -0.25) is 9.59 Å². The Bertz CT molecular complexity index is 211. The summed E-state index contributed by atoms with van der Waals surface area (Å²) in [4.78, 5) is 20.7. The fourth-order valence-electron chi connectivity index (χ4n) is 0.958. The third-order valence-corrected chi connectivity index (χ3v) is 5.18. The highest BCUT2D eigenvalue weighted by molar-refractivity contribution is 8.17. The second-order valence-electron chi connectivity index (χ2n) is 3.64. The van der Waals surface area contributed by atoms with Crippen molar-refractivity contribution in [3.8, 4) is 0 Å². The van der Waals surface area contributed by atoms with Crippen LogP contribution in [0, 0.1) is 5.92 Å². The summed E-state index contributed by atoms with van der Waals surface area (Å²) in [6.45, 7) is 4.12. The van der Waals surface area contributed by atoms with Crippen LogP contribution in [0.4, 0.5) is 0 Å². The zero-order valence-electron chi connectivity index (χ0n) is 9.51. The summed E-state index contributed by atoms with van der Waals surface area (Å²) in [5, 5.41) is 17.0. The second kappa shape index (κ2) is 8.75. The summed E-state index contributed by atoms with van der Waals surface area (Å²) in [6.07, 6.45) is 0.320. The predicted molar refractivity (Wildman–Crippen MR) is 68.0 cm³/mol. The Morgan fingerprint density at radius 1 is 1.00 bits per heavy atom. The molecule has 0 aromatic rings. The molecule has 6 heteroatoms. The van der Waals surface area contributed by atoms with Gasteiger partial charge in [-0.15, -0.1) is 23.5 Å². The monoisotopic (exact) mass is 266 g/mol. The third-order valence-electron chi connectivity index (χ3n) is 1.74. The van der Waals surface area contributed by atoms with Crippen LogP contribution in [0.1, 0.15) is 26.7 Å². The van der Waals surface area contributed by atoms with Crippen LogP contribution in [0.3, 0.4) is 0 Å². The summed E-state index contributed by atoms with van der Waals surface area (Å²) in [7, 11) is 0. The number of carbonyl (C=O) groups is 2. The number of hydrogen-bond acceptors (Lipinski definition) is 4. The van der Waals surface area contributed by atoms with Crippen molar-refractivity contribution < 1.29 is 19.8 Å². The third kappa shape index (κ3) is 8.91. The van der Waals surface area contributed by atoms with Crippen molar-refractivity contribution in [2.24, 2.45) is 5.92 Å². The van der Waals surface area contributed by atoms with E-state index in [9.17, 15) is 9.59 Å². The Labute approximate surface area is 104 Å². The Morgan fingerprint density at radius 3 is 1.62 bits per heavy atom. The lowest BCUT2D eigenvalue weighted by Gasteiger charge is -2.19. The van der Waals surface area contributed by atoms with E-state index in [0.717, 1.165) is 0 Å². The summed E-state index contributed by atoms with van der Waals surface area (Å²) >= 11 is 3.20. The van der Waals surface area contributed by atoms with Gasteiger partial charge in [0.1, 0.15) is 0 Å². The molecule has 0 aromatic carbocycles. The van der Waals surface area contributed by atoms with Crippen molar-refractivity contribution in [3.05, 3.63) is 0 Å². The minimum Gasteiger partial charge on any atom is -0.481 e. The highest BCUT2D eigenvalue weighted by atomic mass is 32.2. The normalized spacial score (nSPS) is 11.0. The number of carboxylic acid groups (broad SMARTS) is 2. The summed E-state index contributed by atoms with van der Waals surface area (Å²) in [5.74, 6) is 0.00456. The van der Waals surface area contributed by atoms with Gasteiger partial charge in [0.15, 0.2) is 0 Å². The molecule has 0 saturated heterocycles. The highest BCUT2D eigenvalue weighted by Crippen LogP contribution is 2.31. The smallest absolute Gasteiger partial charge is 0.304 e. The maximum atomic E-state index is 10.4. The van der Waals surface area contributed by atoms with E-state index < -0.39 is 11.9 Å². The molecule has 0 rings (SSSR count). The topological polar surface area (TPSA) is 74.6 Å². The number of thioether (sulfide) groups is 2. The van der Waals surface area contributed by atoms with Crippen LogP contribution in [0.2, 0.25) is 0 Å². The van der Waals surface area contributed by atoms with Crippen molar-refractivity contribution in [2.45, 2.75) is 31.3 Å². The Kier molecular flexibility index (Phi) is 8.56. The predicted octanol–water partition coefficient (Wildman–Crippen LogP) is 2.38. The average Bonchev–Trinajstić information content (AvgIpc) is 2.14. The van der Waals surface area contributed by atoms with Crippen molar-refractivity contribution in [1.29, 1.82) is 0 Å². The van der Waals surface area contributed by atoms with Gasteiger partial charge < -0.3 is 10.2 Å². The van der Waals surface area contributed by atoms with Gasteiger partial charge in [-0.1, -0.05) is 13.8 Å². The molecule has 0 atom stereocenters. The molecule has 0 spiro atoms. The fraction of sp³-hybridized carbons (Fsp3) is 0.800. The Hall–Kier alpha value is -0.360. The first-order valence-electron chi connectivity index (χ1n) is 5.10. The van der Waals surface area contributed by atoms with Gasteiger partial charge in [0.25, 0.3) is 0 Å². The van der Waals surface area contributed by atoms with Crippen LogP contribution >= 0.6 is 23.5 Å². The molecule has 0 amide bonds. The molecule has 4 nitrogen and oxygen atoms in total. The van der Waals surface area contributed by atoms with Crippen LogP contribution in [0.25, 0.3) is 0 Å². The first kappa shape index (κ1) is 15.6. The van der Waals surface area contributed by atoms with Gasteiger partial charge in [-0.05, 0) is 5.92 Å². The number of rotatable bonds is 9. The zero-order valence-corrected chi connectivity index (χ0v) is 11.1. The van der Waals surface area contributed by atoms with Crippen molar-refractivity contribution in [3.63, 3.8) is 0 Å². The molecule has 0 heterocycles. The largest absolute Gasteiger partial charge is 0.481 e. The summed E-state index contributed by atoms with van der Waals surface area (Å²) < 4.78 is 0.277. The van der Waals surface area contributed by atoms with Gasteiger partial charge in [0.2, 0.25) is 0 Å². The van der Waals surface area contributed by atoms with Gasteiger partial charge >= 0.3 is 11.9 Å². The molecule has 0 saturated carbocycles. The summed E-state index contributed by atoms with van der Waals surface area (Å²) in [5.41, 5.74) is 0. The van der Waals surface area contributed by atoms with Crippen LogP contribution < -0.4 is 0 Å². The molecule has 16 heavy (non-hydrogen) atoms. The molecular weight excluding hydrogens is 248 g/mol. The van der Waals surface area contributed by atoms with Crippen LogP contribution in [0.15, 0.2) is 0 Å². The fourth-order valence-corrected chi connectivity index (χ4v) is 3.74. The first-order chi connectivity index (χ1) is 7.43. The second-order valence-corrected chi connectivity index (χ2v) is 6.44. The highest BCUT2D eigenvalue weighted by Gasteiger charge is 2.15. The van der Waals surface area contributed by atoms with Crippen LogP contribution in [-0.4, -0.2) is 38.2 Å². The lowest BCUT2D eigenvalue weighted by atomic mass is 10.3. The zero-order chi connectivity index (χ0) is 12.6. The maximum Gasteiger partial charge on any atom is 0.304 e. The van der Waals surface area contributed by atoms with Gasteiger partial charge in [-0.2, -0.15) is 0 Å². The van der Waals surface area contributed by atoms with Crippen LogP contribution in [0.5, 0.6) is 0 Å². The first-order valence-corrected chi connectivity index (χ1v) is 7.20. The number of aliphatic carboxylic acids is 2. The van der Waals surface area contributed by atoms with E-state index in [1.165, 1.54) is 0 Å². The SMILES string of the molecule is CC(C)C(SCCC(=O)O)SCCC(=O)O. The average molecular weight is 266 g/mol. The molecule has 0 aliphatic rings. The minimum atomic E-state index is -0.787. The molecule has 0 fully saturated rings. The summed E-state index contributed by atoms with van der Waals surface area (Å²) in [6, 6.07) is 0. The molecule has 0 aliphatic carbocycles. The molecule has 0 bridgehead atoms. The van der Waals surface area contributed by atoms with E-state index in [1.54, 1.807) is 23.5 Å². The van der Waals surface area contributed by atoms with E-state index >= 15 is 0 Å². The lowest BCUT2D eigenvalue weighted by molar-refractivity contribution is -0.137. The molecule has 0 aromatic heterocycles. The molecule has 0 aliphatic heterocycles. The van der Waals surface area contributed by atoms with Gasteiger partial charge in [0, 0.05) is 11.5 Å². The quantitative estimate of drug-likeness (QED) is 0.624. The van der Waals surface area contributed by atoms with E-state index in [-0.39, 0.29) is 17.4 Å². The Morgan fingerprint density at radius 2 is 1.38 bits per heavy atom. The molecular formula is C10H18O4S2. The molecule has 0 radical (unpaired) electrons. The maximum absolute atomic E-state index is 10.4. The molecule has 94 valence electrons. The molecule has 2 N–H and O–H groups in total. The van der Waals surface area contributed by atoms with Crippen molar-refractivity contribution in [2.75, 3.05) is 11.5 Å². The molecule has 0 unspecified atom stereocenters. The van der Waals surface area contributed by atoms with E-state index in [1.807, 2.05) is 0 Å². The van der Waals surface area contributed by atoms with Gasteiger partial charge in [0.05, 0.1) is 17.4 Å². The number of carboxylic acids is 2.